The molecule has 0 aromatic heterocycles. The highest BCUT2D eigenvalue weighted by Crippen LogP contribution is 2.27. The zero-order valence-electron chi connectivity index (χ0n) is 19.3. The lowest BCUT2D eigenvalue weighted by Gasteiger charge is -2.32. The van der Waals surface area contributed by atoms with Gasteiger partial charge in [-0.2, -0.15) is 0 Å². The SMILES string of the molecule is Cc1ccc(CN(C(=O)CN(c2cc(Cl)cc(Cl)c2)S(C)(=O)=O)[C@H](C)C(=O)NC(C)C)cc1. The number of benzene rings is 2. The van der Waals surface area contributed by atoms with Gasteiger partial charge in [0.25, 0.3) is 0 Å². The Labute approximate surface area is 205 Å². The van der Waals surface area contributed by atoms with E-state index in [4.69, 9.17) is 23.2 Å². The number of carbonyl (C=O) groups is 2. The van der Waals surface area contributed by atoms with E-state index in [9.17, 15) is 18.0 Å². The Morgan fingerprint density at radius 2 is 1.55 bits per heavy atom. The maximum atomic E-state index is 13.4. The maximum Gasteiger partial charge on any atom is 0.244 e. The van der Waals surface area contributed by atoms with Gasteiger partial charge in [-0.25, -0.2) is 8.42 Å². The molecule has 33 heavy (non-hydrogen) atoms. The van der Waals surface area contributed by atoms with Gasteiger partial charge in [0.05, 0.1) is 11.9 Å². The molecule has 0 aliphatic carbocycles. The average molecular weight is 514 g/mol. The largest absolute Gasteiger partial charge is 0.352 e. The van der Waals surface area contributed by atoms with Crippen molar-refractivity contribution >= 4 is 50.7 Å². The number of hydrogen-bond donors (Lipinski definition) is 1. The molecule has 0 aliphatic heterocycles. The molecule has 2 rings (SSSR count). The van der Waals surface area contributed by atoms with Crippen molar-refractivity contribution in [3.05, 3.63) is 63.6 Å². The number of nitrogens with one attached hydrogen (secondary N) is 1. The first-order valence-electron chi connectivity index (χ1n) is 10.4. The Kier molecular flexibility index (Phi) is 9.17. The van der Waals surface area contributed by atoms with E-state index in [-0.39, 0.29) is 34.2 Å². The van der Waals surface area contributed by atoms with Crippen LogP contribution in [0.3, 0.4) is 0 Å². The number of halogens is 2. The molecule has 0 bridgehead atoms. The second-order valence-electron chi connectivity index (χ2n) is 8.24. The summed E-state index contributed by atoms with van der Waals surface area (Å²) in [4.78, 5) is 27.5. The molecule has 0 fully saturated rings. The van der Waals surface area contributed by atoms with E-state index in [2.05, 4.69) is 5.32 Å². The summed E-state index contributed by atoms with van der Waals surface area (Å²) < 4.78 is 26.0. The number of amides is 2. The van der Waals surface area contributed by atoms with E-state index in [1.807, 2.05) is 45.0 Å². The first-order chi connectivity index (χ1) is 15.3. The van der Waals surface area contributed by atoms with Crippen LogP contribution in [0.2, 0.25) is 10.0 Å². The summed E-state index contributed by atoms with van der Waals surface area (Å²) >= 11 is 12.1. The van der Waals surface area contributed by atoms with Gasteiger partial charge in [0, 0.05) is 22.6 Å². The monoisotopic (exact) mass is 513 g/mol. The van der Waals surface area contributed by atoms with Crippen molar-refractivity contribution in [1.29, 1.82) is 0 Å². The lowest BCUT2D eigenvalue weighted by molar-refractivity contribution is -0.139. The predicted octanol–water partition coefficient (Wildman–Crippen LogP) is 4.01. The fraction of sp³-hybridized carbons (Fsp3) is 0.391. The minimum absolute atomic E-state index is 0.114. The van der Waals surface area contributed by atoms with Gasteiger partial charge in [-0.3, -0.25) is 13.9 Å². The van der Waals surface area contributed by atoms with Gasteiger partial charge in [0.15, 0.2) is 0 Å². The fourth-order valence-corrected chi connectivity index (χ4v) is 4.52. The molecule has 2 amide bonds. The Hall–Kier alpha value is -2.29. The highest BCUT2D eigenvalue weighted by atomic mass is 35.5. The molecule has 0 aliphatic rings. The van der Waals surface area contributed by atoms with Crippen LogP contribution < -0.4 is 9.62 Å². The van der Waals surface area contributed by atoms with Crippen LogP contribution in [0.1, 0.15) is 31.9 Å². The first kappa shape index (κ1) is 27.0. The van der Waals surface area contributed by atoms with Crippen LogP contribution in [0.25, 0.3) is 0 Å². The van der Waals surface area contributed by atoms with Crippen molar-refractivity contribution in [3.63, 3.8) is 0 Å². The van der Waals surface area contributed by atoms with Crippen molar-refractivity contribution in [3.8, 4) is 0 Å². The molecular weight excluding hydrogens is 485 g/mol. The molecule has 0 spiro atoms. The lowest BCUT2D eigenvalue weighted by Crippen LogP contribution is -2.52. The summed E-state index contributed by atoms with van der Waals surface area (Å²) in [5, 5.41) is 3.28. The van der Waals surface area contributed by atoms with Crippen LogP contribution in [0.15, 0.2) is 42.5 Å². The number of carbonyl (C=O) groups excluding carboxylic acids is 2. The van der Waals surface area contributed by atoms with Gasteiger partial charge < -0.3 is 10.2 Å². The summed E-state index contributed by atoms with van der Waals surface area (Å²) in [5.41, 5.74) is 2.04. The number of nitrogens with zero attached hydrogens (tertiary/aromatic N) is 2. The molecule has 1 N–H and O–H groups in total. The quantitative estimate of drug-likeness (QED) is 0.548. The molecule has 1 atom stereocenters. The average Bonchev–Trinajstić information content (AvgIpc) is 2.68. The minimum atomic E-state index is -3.86. The molecule has 0 saturated heterocycles. The standard InChI is InChI=1S/C23H29Cl2N3O4S/c1-15(2)26-23(30)17(4)27(13-18-8-6-16(3)7-9-18)22(29)14-28(33(5,31)32)21-11-19(24)10-20(25)12-21/h6-12,15,17H,13-14H2,1-5H3,(H,26,30)/t17-/m1/s1. The van der Waals surface area contributed by atoms with Crippen LogP contribution >= 0.6 is 23.2 Å². The topological polar surface area (TPSA) is 86.8 Å². The van der Waals surface area contributed by atoms with E-state index in [0.29, 0.717) is 0 Å². The molecule has 180 valence electrons. The van der Waals surface area contributed by atoms with Gasteiger partial charge in [0.2, 0.25) is 21.8 Å². The third-order valence-corrected chi connectivity index (χ3v) is 6.46. The highest BCUT2D eigenvalue weighted by molar-refractivity contribution is 7.92. The third kappa shape index (κ3) is 7.91. The second kappa shape index (κ2) is 11.2. The van der Waals surface area contributed by atoms with Gasteiger partial charge in [-0.05, 0) is 51.5 Å². The van der Waals surface area contributed by atoms with Gasteiger partial charge in [-0.15, -0.1) is 0 Å². The molecule has 0 radical (unpaired) electrons. The molecule has 0 heterocycles. The predicted molar refractivity (Wildman–Crippen MR) is 133 cm³/mol. The Bertz CT molecular complexity index is 1080. The fourth-order valence-electron chi connectivity index (χ4n) is 3.17. The molecule has 2 aromatic rings. The van der Waals surface area contributed by atoms with Crippen molar-refractivity contribution in [2.75, 3.05) is 17.1 Å². The lowest BCUT2D eigenvalue weighted by atomic mass is 10.1. The molecular formula is C23H29Cl2N3O4S. The van der Waals surface area contributed by atoms with Crippen molar-refractivity contribution in [2.45, 2.75) is 46.3 Å². The van der Waals surface area contributed by atoms with Crippen molar-refractivity contribution in [1.82, 2.24) is 10.2 Å². The molecule has 2 aromatic carbocycles. The first-order valence-corrected chi connectivity index (χ1v) is 13.0. The second-order valence-corrected chi connectivity index (χ2v) is 11.0. The summed E-state index contributed by atoms with van der Waals surface area (Å²) in [6.45, 7) is 6.84. The minimum Gasteiger partial charge on any atom is -0.352 e. The molecule has 0 unspecified atom stereocenters. The van der Waals surface area contributed by atoms with E-state index in [0.717, 1.165) is 21.7 Å². The normalized spacial score (nSPS) is 12.4. The zero-order chi connectivity index (χ0) is 24.9. The van der Waals surface area contributed by atoms with Crippen molar-refractivity contribution in [2.24, 2.45) is 0 Å². The summed E-state index contributed by atoms with van der Waals surface area (Å²) in [5.74, 6) is -0.870. The number of sulfonamides is 1. The van der Waals surface area contributed by atoms with Crippen LogP contribution in [0, 0.1) is 6.92 Å². The Morgan fingerprint density at radius 3 is 2.03 bits per heavy atom. The number of anilines is 1. The van der Waals surface area contributed by atoms with E-state index < -0.39 is 28.5 Å². The van der Waals surface area contributed by atoms with Crippen LogP contribution in [-0.4, -0.2) is 50.0 Å². The molecule has 10 heteroatoms. The van der Waals surface area contributed by atoms with Crippen LogP contribution in [0.5, 0.6) is 0 Å². The summed E-state index contributed by atoms with van der Waals surface area (Å²) in [7, 11) is -3.86. The van der Waals surface area contributed by atoms with Crippen LogP contribution in [0.4, 0.5) is 5.69 Å². The van der Waals surface area contributed by atoms with Crippen molar-refractivity contribution < 1.29 is 18.0 Å². The molecule has 0 saturated carbocycles. The molecule has 7 nitrogen and oxygen atoms in total. The summed E-state index contributed by atoms with van der Waals surface area (Å²) in [6, 6.07) is 10.9. The third-order valence-electron chi connectivity index (χ3n) is 4.89. The van der Waals surface area contributed by atoms with E-state index in [1.54, 1.807) is 6.92 Å². The summed E-state index contributed by atoms with van der Waals surface area (Å²) in [6.07, 6.45) is 0.994. The van der Waals surface area contributed by atoms with Gasteiger partial charge in [-0.1, -0.05) is 53.0 Å². The van der Waals surface area contributed by atoms with E-state index in [1.165, 1.54) is 23.1 Å². The smallest absolute Gasteiger partial charge is 0.244 e. The zero-order valence-corrected chi connectivity index (χ0v) is 21.6. The number of rotatable bonds is 9. The van der Waals surface area contributed by atoms with Crippen LogP contribution in [-0.2, 0) is 26.2 Å². The maximum absolute atomic E-state index is 13.4. The van der Waals surface area contributed by atoms with Gasteiger partial charge in [0.1, 0.15) is 12.6 Å². The van der Waals surface area contributed by atoms with Gasteiger partial charge >= 0.3 is 0 Å². The number of hydrogen-bond acceptors (Lipinski definition) is 4. The Morgan fingerprint density at radius 1 is 1.00 bits per heavy atom. The number of aryl methyl sites for hydroxylation is 1. The Balaban J connectivity index is 2.41. The van der Waals surface area contributed by atoms with E-state index >= 15 is 0 Å². The highest BCUT2D eigenvalue weighted by Gasteiger charge is 2.30.